The Bertz CT molecular complexity index is 475. The highest BCUT2D eigenvalue weighted by molar-refractivity contribution is 6.00. The molecule has 1 aromatic carbocycles. The number of aliphatic hydroxyl groups excluding tert-OH is 1. The van der Waals surface area contributed by atoms with Gasteiger partial charge in [-0.05, 0) is 37.9 Å². The van der Waals surface area contributed by atoms with Gasteiger partial charge in [-0.25, -0.2) is 0 Å². The summed E-state index contributed by atoms with van der Waals surface area (Å²) in [6, 6.07) is 9.94. The maximum absolute atomic E-state index is 12.9. The summed E-state index contributed by atoms with van der Waals surface area (Å²) in [5, 5.41) is 9.11. The zero-order valence-corrected chi connectivity index (χ0v) is 11.8. The Morgan fingerprint density at radius 1 is 1.15 bits per heavy atom. The molecule has 4 heteroatoms. The largest absolute Gasteiger partial charge is 0.395 e. The van der Waals surface area contributed by atoms with Crippen LogP contribution in [0.4, 0.5) is 5.69 Å². The fourth-order valence-corrected chi connectivity index (χ4v) is 3.61. The van der Waals surface area contributed by atoms with Gasteiger partial charge in [-0.2, -0.15) is 0 Å². The van der Waals surface area contributed by atoms with Crippen molar-refractivity contribution >= 4 is 11.6 Å². The van der Waals surface area contributed by atoms with Crippen molar-refractivity contribution in [1.29, 1.82) is 0 Å². The number of piperidine rings is 1. The monoisotopic (exact) mass is 274 g/mol. The summed E-state index contributed by atoms with van der Waals surface area (Å²) >= 11 is 0. The highest BCUT2D eigenvalue weighted by atomic mass is 16.3. The normalized spacial score (nSPS) is 27.4. The number of carbonyl (C=O) groups is 1. The Morgan fingerprint density at radius 3 is 2.70 bits per heavy atom. The average molecular weight is 274 g/mol. The summed E-state index contributed by atoms with van der Waals surface area (Å²) in [7, 11) is 0. The van der Waals surface area contributed by atoms with Gasteiger partial charge in [0.2, 0.25) is 5.91 Å². The molecule has 0 aliphatic carbocycles. The van der Waals surface area contributed by atoms with Crippen molar-refractivity contribution in [2.45, 2.75) is 19.3 Å². The van der Waals surface area contributed by atoms with Crippen molar-refractivity contribution in [2.24, 2.45) is 5.41 Å². The Labute approximate surface area is 120 Å². The van der Waals surface area contributed by atoms with Gasteiger partial charge in [-0.15, -0.1) is 0 Å². The molecule has 0 unspecified atom stereocenters. The maximum atomic E-state index is 12.9. The highest BCUT2D eigenvalue weighted by Crippen LogP contribution is 2.41. The van der Waals surface area contributed by atoms with Gasteiger partial charge in [0.1, 0.15) is 0 Å². The number of β-amino-alcohol motifs (C(OH)–C–C–N with tert-alkyl or cyclic N) is 1. The molecule has 2 heterocycles. The molecule has 1 aromatic rings. The second kappa shape index (κ2) is 5.54. The fourth-order valence-electron chi connectivity index (χ4n) is 3.61. The maximum Gasteiger partial charge on any atom is 0.234 e. The molecule has 3 rings (SSSR count). The van der Waals surface area contributed by atoms with Crippen LogP contribution in [-0.4, -0.2) is 48.7 Å². The van der Waals surface area contributed by atoms with Crippen molar-refractivity contribution in [3.05, 3.63) is 30.3 Å². The third-order valence-electron chi connectivity index (χ3n) is 4.65. The van der Waals surface area contributed by atoms with Crippen LogP contribution in [-0.2, 0) is 4.79 Å². The van der Waals surface area contributed by atoms with Crippen LogP contribution in [0.2, 0.25) is 0 Å². The van der Waals surface area contributed by atoms with Gasteiger partial charge in [0.15, 0.2) is 0 Å². The highest BCUT2D eigenvalue weighted by Gasteiger charge is 2.48. The number of nitrogens with zero attached hydrogens (tertiary/aromatic N) is 2. The van der Waals surface area contributed by atoms with Crippen LogP contribution >= 0.6 is 0 Å². The molecule has 0 bridgehead atoms. The van der Waals surface area contributed by atoms with Gasteiger partial charge in [0.05, 0.1) is 12.0 Å². The summed E-state index contributed by atoms with van der Waals surface area (Å²) in [4.78, 5) is 17.0. The van der Waals surface area contributed by atoms with Crippen molar-refractivity contribution in [3.63, 3.8) is 0 Å². The van der Waals surface area contributed by atoms with E-state index in [-0.39, 0.29) is 17.9 Å². The number of benzene rings is 1. The zero-order chi connectivity index (χ0) is 14.0. The van der Waals surface area contributed by atoms with E-state index in [1.807, 2.05) is 35.2 Å². The van der Waals surface area contributed by atoms with Crippen LogP contribution in [0.1, 0.15) is 19.3 Å². The van der Waals surface area contributed by atoms with E-state index in [2.05, 4.69) is 4.90 Å². The van der Waals surface area contributed by atoms with Crippen molar-refractivity contribution in [1.82, 2.24) is 4.90 Å². The molecule has 2 aliphatic rings. The van der Waals surface area contributed by atoms with E-state index in [1.165, 1.54) is 0 Å². The molecule has 1 atom stereocenters. The molecule has 20 heavy (non-hydrogen) atoms. The minimum atomic E-state index is -0.219. The van der Waals surface area contributed by atoms with Crippen LogP contribution in [0.15, 0.2) is 30.3 Å². The van der Waals surface area contributed by atoms with E-state index >= 15 is 0 Å². The fraction of sp³-hybridized carbons (Fsp3) is 0.562. The Kier molecular flexibility index (Phi) is 3.76. The van der Waals surface area contributed by atoms with Crippen molar-refractivity contribution < 1.29 is 9.90 Å². The Balaban J connectivity index is 1.77. The first-order valence-electron chi connectivity index (χ1n) is 7.45. The molecule has 2 saturated heterocycles. The number of rotatable bonds is 3. The van der Waals surface area contributed by atoms with E-state index in [0.717, 1.165) is 44.6 Å². The van der Waals surface area contributed by atoms with Crippen LogP contribution in [0.3, 0.4) is 0 Å². The van der Waals surface area contributed by atoms with Gasteiger partial charge >= 0.3 is 0 Å². The molecule has 2 aliphatic heterocycles. The van der Waals surface area contributed by atoms with Gasteiger partial charge in [-0.1, -0.05) is 18.2 Å². The zero-order valence-electron chi connectivity index (χ0n) is 11.8. The van der Waals surface area contributed by atoms with Gasteiger partial charge in [0.25, 0.3) is 0 Å². The van der Waals surface area contributed by atoms with E-state index in [0.29, 0.717) is 6.54 Å². The first-order chi connectivity index (χ1) is 9.75. The van der Waals surface area contributed by atoms with E-state index in [4.69, 9.17) is 5.11 Å². The first kappa shape index (κ1) is 13.6. The van der Waals surface area contributed by atoms with Crippen molar-refractivity contribution in [3.8, 4) is 0 Å². The molecule has 2 fully saturated rings. The topological polar surface area (TPSA) is 43.8 Å². The molecule has 0 aromatic heterocycles. The van der Waals surface area contributed by atoms with E-state index in [9.17, 15) is 4.79 Å². The number of amides is 1. The van der Waals surface area contributed by atoms with Crippen LogP contribution < -0.4 is 4.90 Å². The lowest BCUT2D eigenvalue weighted by Gasteiger charge is -2.38. The lowest BCUT2D eigenvalue weighted by atomic mass is 9.78. The molecular formula is C16H22N2O2. The first-order valence-corrected chi connectivity index (χ1v) is 7.45. The summed E-state index contributed by atoms with van der Waals surface area (Å²) in [6.45, 7) is 3.47. The van der Waals surface area contributed by atoms with E-state index in [1.54, 1.807) is 0 Å². The standard InChI is InChI=1S/C16H22N2O2/c19-12-11-17-9-4-7-16(13-17)8-10-18(15(16)20)14-5-2-1-3-6-14/h1-3,5-6,19H,4,7-13H2/t16-/m0/s1. The Hall–Kier alpha value is -1.39. The molecule has 0 radical (unpaired) electrons. The number of para-hydroxylation sites is 1. The quantitative estimate of drug-likeness (QED) is 0.908. The summed E-state index contributed by atoms with van der Waals surface area (Å²) in [6.07, 6.45) is 2.97. The number of carbonyl (C=O) groups excluding carboxylic acids is 1. The molecule has 1 amide bonds. The SMILES string of the molecule is O=C1N(c2ccccc2)CC[C@]12CCCN(CCO)C2. The van der Waals surface area contributed by atoms with Crippen LogP contribution in [0.25, 0.3) is 0 Å². The second-order valence-corrected chi connectivity index (χ2v) is 5.93. The number of hydrogen-bond donors (Lipinski definition) is 1. The molecule has 1 spiro atoms. The molecule has 108 valence electrons. The summed E-state index contributed by atoms with van der Waals surface area (Å²) in [5.41, 5.74) is 0.789. The van der Waals surface area contributed by atoms with Gasteiger partial charge in [-0.3, -0.25) is 9.69 Å². The van der Waals surface area contributed by atoms with Crippen LogP contribution in [0, 0.1) is 5.41 Å². The minimum absolute atomic E-state index is 0.173. The predicted molar refractivity (Wildman–Crippen MR) is 78.6 cm³/mol. The lowest BCUT2D eigenvalue weighted by molar-refractivity contribution is -0.128. The molecular weight excluding hydrogens is 252 g/mol. The number of likely N-dealkylation sites (tertiary alicyclic amines) is 1. The van der Waals surface area contributed by atoms with Gasteiger partial charge < -0.3 is 10.0 Å². The van der Waals surface area contributed by atoms with Crippen molar-refractivity contribution in [2.75, 3.05) is 37.7 Å². The molecule has 1 N–H and O–H groups in total. The third-order valence-corrected chi connectivity index (χ3v) is 4.65. The number of anilines is 1. The van der Waals surface area contributed by atoms with E-state index < -0.39 is 0 Å². The number of aliphatic hydroxyl groups is 1. The third kappa shape index (κ3) is 2.34. The summed E-state index contributed by atoms with van der Waals surface area (Å²) < 4.78 is 0. The average Bonchev–Trinajstić information content (AvgIpc) is 2.78. The lowest BCUT2D eigenvalue weighted by Crippen LogP contribution is -2.48. The molecule has 4 nitrogen and oxygen atoms in total. The smallest absolute Gasteiger partial charge is 0.234 e. The van der Waals surface area contributed by atoms with Gasteiger partial charge in [0, 0.05) is 25.3 Å². The predicted octanol–water partition coefficient (Wildman–Crippen LogP) is 1.50. The minimum Gasteiger partial charge on any atom is -0.395 e. The second-order valence-electron chi connectivity index (χ2n) is 5.93. The number of hydrogen-bond acceptors (Lipinski definition) is 3. The Morgan fingerprint density at radius 2 is 1.95 bits per heavy atom. The summed E-state index contributed by atoms with van der Waals surface area (Å²) in [5.74, 6) is 0.270. The molecule has 0 saturated carbocycles. The van der Waals surface area contributed by atoms with Crippen LogP contribution in [0.5, 0.6) is 0 Å².